The molecule has 0 aliphatic rings. The van der Waals surface area contributed by atoms with E-state index in [0.717, 1.165) is 92.3 Å². The van der Waals surface area contributed by atoms with E-state index in [0.29, 0.717) is 116 Å². The van der Waals surface area contributed by atoms with Gasteiger partial charge in [0.25, 0.3) is 0 Å². The third-order valence-electron chi connectivity index (χ3n) is 25.6. The Balaban J connectivity index is 0.000000116. The number of benzene rings is 25. The van der Waals surface area contributed by atoms with Crippen molar-refractivity contribution in [3.8, 4) is 89.0 Å². The van der Waals surface area contributed by atoms with Crippen molar-refractivity contribution in [2.75, 3.05) is 0 Å². The van der Waals surface area contributed by atoms with Crippen LogP contribution in [0.25, 0.3) is 273 Å². The van der Waals surface area contributed by atoms with Gasteiger partial charge in [-0.1, -0.05) is 412 Å². The Labute approximate surface area is 788 Å². The van der Waals surface area contributed by atoms with Crippen LogP contribution in [0.4, 0.5) is 0 Å². The molecule has 0 saturated carbocycles. The fourth-order valence-corrected chi connectivity index (χ4v) is 19.9. The summed E-state index contributed by atoms with van der Waals surface area (Å²) in [6, 6.07) is 95.8. The van der Waals surface area contributed by atoms with Crippen molar-refractivity contribution < 1.29 is 46.1 Å². The van der Waals surface area contributed by atoms with Gasteiger partial charge in [0.05, 0.1) is 32.9 Å². The molecule has 0 spiro atoms. The highest BCUT2D eigenvalue weighted by Crippen LogP contribution is 2.53. The van der Waals surface area contributed by atoms with Crippen molar-refractivity contribution in [3.63, 3.8) is 0 Å². The van der Waals surface area contributed by atoms with E-state index in [4.69, 9.17) is 29.7 Å². The number of hydrogen-bond donors (Lipinski definition) is 0. The molecular weight excluding hydrogens is 1590 g/mol. The summed E-state index contributed by atoms with van der Waals surface area (Å²) in [5, 5.41) is 15.8. The van der Waals surface area contributed by atoms with Crippen LogP contribution in [0.2, 0.25) is 0 Å². The van der Waals surface area contributed by atoms with E-state index in [1.807, 2.05) is 303 Å². The second kappa shape index (κ2) is 30.8. The van der Waals surface area contributed by atoms with E-state index in [-0.39, 0.29) is 137 Å². The molecule has 0 amide bonds. The predicted molar refractivity (Wildman–Crippen MR) is 557 cm³/mol. The lowest BCUT2D eigenvalue weighted by molar-refractivity contribution is 0.672. The topological polar surface area (TPSA) is 39.4 Å². The van der Waals surface area contributed by atoms with Crippen LogP contribution in [0.5, 0.6) is 0 Å². The van der Waals surface area contributed by atoms with Crippen LogP contribution in [-0.2, 0) is 0 Å². The fraction of sp³-hybridized carbons (Fsp3) is 0. The molecule has 131 heavy (non-hydrogen) atoms. The van der Waals surface area contributed by atoms with E-state index in [1.54, 1.807) is 18.2 Å². The summed E-state index contributed by atoms with van der Waals surface area (Å²) in [6.45, 7) is 0. The molecule has 0 saturated heterocycles. The molecular formula is C128H78O3. The number of fused-ring (bicyclic) bond motifs is 23. The summed E-state index contributed by atoms with van der Waals surface area (Å²) >= 11 is 0. The van der Waals surface area contributed by atoms with Crippen molar-refractivity contribution in [2.24, 2.45) is 0 Å². The Hall–Kier alpha value is -17.2. The van der Waals surface area contributed by atoms with Crippen molar-refractivity contribution in [1.82, 2.24) is 0 Å². The van der Waals surface area contributed by atoms with Gasteiger partial charge in [-0.25, -0.2) is 0 Å². The van der Waals surface area contributed by atoms with E-state index < -0.39 is 72.5 Å². The summed E-state index contributed by atoms with van der Waals surface area (Å²) in [5.74, 6) is 0. The molecule has 25 aromatic carbocycles. The van der Waals surface area contributed by atoms with Crippen LogP contribution in [0.15, 0.2) is 486 Å². The van der Waals surface area contributed by atoms with Gasteiger partial charge in [-0.3, -0.25) is 0 Å². The van der Waals surface area contributed by atoms with Crippen LogP contribution in [0.1, 0.15) is 32.9 Å². The van der Waals surface area contributed by atoms with Crippen molar-refractivity contribution in [3.05, 3.63) is 473 Å². The van der Waals surface area contributed by atoms with E-state index in [2.05, 4.69) is 6.07 Å². The maximum Gasteiger partial charge on any atom is 0.143 e. The van der Waals surface area contributed by atoms with Gasteiger partial charge in [-0.15, -0.1) is 0 Å². The highest BCUT2D eigenvalue weighted by molar-refractivity contribution is 6.32. The Kier molecular flexibility index (Phi) is 12.8. The number of furan rings is 3. The lowest BCUT2D eigenvalue weighted by Crippen LogP contribution is -1.91. The van der Waals surface area contributed by atoms with Crippen LogP contribution in [0.3, 0.4) is 0 Å². The summed E-state index contributed by atoms with van der Waals surface area (Å²) in [6.07, 6.45) is 0. The molecule has 0 bridgehead atoms. The molecule has 3 heterocycles. The average Bonchev–Trinajstić information content (AvgIpc) is 1.61. The van der Waals surface area contributed by atoms with Gasteiger partial charge >= 0.3 is 0 Å². The molecule has 28 aromatic rings. The lowest BCUT2D eigenvalue weighted by Gasteiger charge is -2.18. The molecule has 608 valence electrons. The zero-order valence-electron chi connectivity index (χ0n) is 93.4. The normalized spacial score (nSPS) is 14.4. The molecule has 0 fully saturated rings. The molecule has 0 unspecified atom stereocenters. The van der Waals surface area contributed by atoms with Crippen molar-refractivity contribution >= 4 is 184 Å². The van der Waals surface area contributed by atoms with Crippen LogP contribution in [-0.4, -0.2) is 0 Å². The zero-order valence-corrected chi connectivity index (χ0v) is 69.4. The predicted octanol–water partition coefficient (Wildman–Crippen LogP) is 36.8. The summed E-state index contributed by atoms with van der Waals surface area (Å²) < 4.78 is 238. The quantitative estimate of drug-likeness (QED) is 0.142. The van der Waals surface area contributed by atoms with E-state index in [1.165, 1.54) is 0 Å². The molecule has 0 N–H and O–H groups in total. The third kappa shape index (κ3) is 12.3. The van der Waals surface area contributed by atoms with Gasteiger partial charge in [0.2, 0.25) is 0 Å². The van der Waals surface area contributed by atoms with Gasteiger partial charge in [0.1, 0.15) is 33.5 Å². The first-order valence-corrected chi connectivity index (χ1v) is 43.1. The highest BCUT2D eigenvalue weighted by atomic mass is 16.3. The molecule has 0 aliphatic heterocycles. The summed E-state index contributed by atoms with van der Waals surface area (Å²) in [4.78, 5) is 0. The zero-order chi connectivity index (χ0) is 107. The lowest BCUT2D eigenvalue weighted by atomic mass is 9.84. The molecule has 0 radical (unpaired) electrons. The van der Waals surface area contributed by atoms with Crippen LogP contribution in [0, 0.1) is 0 Å². The van der Waals surface area contributed by atoms with Crippen molar-refractivity contribution in [2.45, 2.75) is 0 Å². The Morgan fingerprint density at radius 3 is 0.733 bits per heavy atom. The maximum atomic E-state index is 9.44. The van der Waals surface area contributed by atoms with Gasteiger partial charge in [0.15, 0.2) is 0 Å². The van der Waals surface area contributed by atoms with Gasteiger partial charge in [-0.05, 0) is 252 Å². The van der Waals surface area contributed by atoms with Crippen LogP contribution >= 0.6 is 0 Å². The minimum atomic E-state index is -0.438. The SMILES string of the molecule is [2H]c1c([2H])c([2H])c2c(-c3cccc4oc5c6ccccc6ccc5c34)c3c([2H])c([2H])c([2H])c([2H])c3c(-c3ccc4cc(-c5ccccc5)ccc4c3)c2c1[2H].[2H]c1c([2H])c([2H])c2c(-c3cccc4oc5c6ccccc6ccc5c34)c3c([2H])c([2H])c([2H])c([2H])c3c(-c3ccc4ccccc4c3)c2c1[2H].[2H]c1c([2H])c([2H])c2c(-c3cccc4oc5c6ccccc6ccc5c34)c3c([2H])c([2H])c([2H])c([2H])c3c(-c3cccc(-c4ccccc4)c3)c2c1[2H]. The Morgan fingerprint density at radius 1 is 0.145 bits per heavy atom. The first kappa shape index (κ1) is 54.6. The molecule has 0 atom stereocenters. The second-order valence-electron chi connectivity index (χ2n) is 32.7. The molecule has 0 aliphatic carbocycles. The number of rotatable bonds is 8. The third-order valence-corrected chi connectivity index (χ3v) is 25.6. The summed E-state index contributed by atoms with van der Waals surface area (Å²) in [7, 11) is 0. The minimum absolute atomic E-state index is 0.167. The smallest absolute Gasteiger partial charge is 0.143 e. The average molecular weight is 1690 g/mol. The molecule has 3 heteroatoms. The molecule has 3 nitrogen and oxygen atoms in total. The first-order valence-electron chi connectivity index (χ1n) is 55.1. The number of hydrogen-bond acceptors (Lipinski definition) is 3. The molecule has 3 aromatic heterocycles. The second-order valence-corrected chi connectivity index (χ2v) is 32.7. The largest absolute Gasteiger partial charge is 0.455 e. The Morgan fingerprint density at radius 2 is 0.382 bits per heavy atom. The van der Waals surface area contributed by atoms with Crippen molar-refractivity contribution in [1.29, 1.82) is 0 Å². The van der Waals surface area contributed by atoms with Gasteiger partial charge in [-0.2, -0.15) is 0 Å². The fourth-order valence-electron chi connectivity index (χ4n) is 19.9. The maximum absolute atomic E-state index is 9.44. The molecule has 28 rings (SSSR count). The van der Waals surface area contributed by atoms with Gasteiger partial charge < -0.3 is 13.3 Å². The van der Waals surface area contributed by atoms with E-state index >= 15 is 0 Å². The first-order chi connectivity index (χ1) is 75.0. The van der Waals surface area contributed by atoms with Gasteiger partial charge in [0, 0.05) is 48.5 Å². The highest BCUT2D eigenvalue weighted by Gasteiger charge is 2.27. The monoisotopic (exact) mass is 1690 g/mol. The van der Waals surface area contributed by atoms with Crippen LogP contribution < -0.4 is 0 Å². The Bertz CT molecular complexity index is 10900. The minimum Gasteiger partial charge on any atom is -0.455 e. The summed E-state index contributed by atoms with van der Waals surface area (Å²) in [5.41, 5.74) is 12.7. The standard InChI is InChI=1S/C46H28O.C42H26O.C40H24O/c1-2-11-29(12-3-1)31-21-22-33-28-34(24-23-32(33)27-31)43-36-15-6-8-17-38(36)44(39-18-9-7-16-37(39)43)40-19-10-20-42-45(40)41-26-25-30-13-4-5-14-35(30)46(41)47-42;1-2-12-27(13-3-1)29-15-10-16-30(26-29)39-32-18-6-8-20-34(32)40(35-21-9-7-19-33(35)39)36-22-11-23-38-41(36)37-25-24-28-14-4-5-17-31(28)42(37)43-38;1-2-12-27-24-28(21-20-25(27)10-1)37-30-14-5-7-16-32(30)38(33-17-8-6-15-31(33)37)34-18-9-19-36-39(34)35-23-22-26-11-3-4-13-29(26)40(35)41-36/h1-28H;1-26H;1-24H/i6D,7D,8D,9D,15D,16D,17D,18D;6D,7D,8D,9D,18D,19D,20D,21D;5D,6D,7D,8D,14D,15D,16D,17D. The van der Waals surface area contributed by atoms with E-state index in [9.17, 15) is 16.4 Å².